The van der Waals surface area contributed by atoms with Crippen molar-refractivity contribution in [2.45, 2.75) is 20.5 Å². The third kappa shape index (κ3) is 2.86. The summed E-state index contributed by atoms with van der Waals surface area (Å²) in [6, 6.07) is 9.15. The molecule has 0 radical (unpaired) electrons. The molecule has 0 saturated carbocycles. The molecule has 94 valence electrons. The van der Waals surface area contributed by atoms with Crippen LogP contribution in [0.2, 0.25) is 0 Å². The molecule has 0 fully saturated rings. The first-order valence-electron chi connectivity index (χ1n) is 5.70. The Kier molecular flexibility index (Phi) is 3.60. The van der Waals surface area contributed by atoms with Gasteiger partial charge in [0.2, 0.25) is 0 Å². The minimum absolute atomic E-state index is 0.157. The van der Waals surface area contributed by atoms with Crippen LogP contribution < -0.4 is 4.74 Å². The fourth-order valence-electron chi connectivity index (χ4n) is 1.67. The van der Waals surface area contributed by atoms with E-state index >= 15 is 0 Å². The summed E-state index contributed by atoms with van der Waals surface area (Å²) >= 11 is 0. The van der Waals surface area contributed by atoms with Crippen LogP contribution in [-0.4, -0.2) is 0 Å². The Morgan fingerprint density at radius 2 is 1.78 bits per heavy atom. The lowest BCUT2D eigenvalue weighted by Crippen LogP contribution is -2.00. The fourth-order valence-corrected chi connectivity index (χ4v) is 1.67. The van der Waals surface area contributed by atoms with Crippen LogP contribution in [0.5, 0.6) is 5.75 Å². The van der Waals surface area contributed by atoms with Gasteiger partial charge in [0.25, 0.3) is 0 Å². The van der Waals surface area contributed by atoms with Gasteiger partial charge in [0.1, 0.15) is 12.4 Å². The van der Waals surface area contributed by atoms with Crippen molar-refractivity contribution >= 4 is 0 Å². The summed E-state index contributed by atoms with van der Waals surface area (Å²) in [6.07, 6.45) is 0. The van der Waals surface area contributed by atoms with E-state index in [-0.39, 0.29) is 18.2 Å². The Labute approximate surface area is 105 Å². The Bertz CT molecular complexity index is 513. The second-order valence-electron chi connectivity index (χ2n) is 4.29. The zero-order chi connectivity index (χ0) is 13.1. The largest absolute Gasteiger partial charge is 0.486 e. The molecule has 0 bridgehead atoms. The zero-order valence-corrected chi connectivity index (χ0v) is 10.3. The van der Waals surface area contributed by atoms with Crippen molar-refractivity contribution in [3.8, 4) is 5.75 Å². The van der Waals surface area contributed by atoms with Gasteiger partial charge in [0.05, 0.1) is 0 Å². The molecule has 2 aromatic carbocycles. The van der Waals surface area contributed by atoms with Gasteiger partial charge in [-0.05, 0) is 54.8 Å². The maximum Gasteiger partial charge on any atom is 0.165 e. The minimum Gasteiger partial charge on any atom is -0.486 e. The monoisotopic (exact) mass is 248 g/mol. The highest BCUT2D eigenvalue weighted by Gasteiger charge is 2.06. The number of hydrogen-bond acceptors (Lipinski definition) is 1. The second kappa shape index (κ2) is 5.17. The fraction of sp³-hybridized carbons (Fsp3) is 0.200. The van der Waals surface area contributed by atoms with Crippen LogP contribution in [0.3, 0.4) is 0 Å². The van der Waals surface area contributed by atoms with Gasteiger partial charge in [-0.3, -0.25) is 0 Å². The van der Waals surface area contributed by atoms with Crippen LogP contribution in [0.25, 0.3) is 0 Å². The summed E-state index contributed by atoms with van der Waals surface area (Å²) in [5.41, 5.74) is 2.56. The van der Waals surface area contributed by atoms with Crippen LogP contribution in [0, 0.1) is 25.5 Å². The summed E-state index contributed by atoms with van der Waals surface area (Å²) in [5.74, 6) is -0.530. The Balaban J connectivity index is 2.16. The maximum absolute atomic E-state index is 13.5. The molecule has 0 spiro atoms. The average molecular weight is 248 g/mol. The molecule has 0 amide bonds. The summed E-state index contributed by atoms with van der Waals surface area (Å²) < 4.78 is 31.9. The van der Waals surface area contributed by atoms with Gasteiger partial charge in [-0.1, -0.05) is 12.1 Å². The van der Waals surface area contributed by atoms with E-state index in [1.54, 1.807) is 18.2 Å². The van der Waals surface area contributed by atoms with E-state index in [0.717, 1.165) is 16.7 Å². The van der Waals surface area contributed by atoms with E-state index in [2.05, 4.69) is 0 Å². The highest BCUT2D eigenvalue weighted by Crippen LogP contribution is 2.20. The third-order valence-corrected chi connectivity index (χ3v) is 2.78. The zero-order valence-electron chi connectivity index (χ0n) is 10.3. The molecule has 0 heterocycles. The molecule has 0 atom stereocenters. The number of ether oxygens (including phenoxy) is 1. The van der Waals surface area contributed by atoms with E-state index in [4.69, 9.17) is 4.74 Å². The number of benzene rings is 2. The Hall–Kier alpha value is -1.90. The van der Waals surface area contributed by atoms with E-state index in [1.165, 1.54) is 18.2 Å². The molecule has 0 unspecified atom stereocenters. The van der Waals surface area contributed by atoms with Gasteiger partial charge in [-0.2, -0.15) is 0 Å². The van der Waals surface area contributed by atoms with Crippen molar-refractivity contribution in [1.82, 2.24) is 0 Å². The summed E-state index contributed by atoms with van der Waals surface area (Å²) in [4.78, 5) is 0. The molecule has 18 heavy (non-hydrogen) atoms. The molecule has 0 aliphatic carbocycles. The van der Waals surface area contributed by atoms with Crippen LogP contribution in [0.1, 0.15) is 16.7 Å². The van der Waals surface area contributed by atoms with Crippen molar-refractivity contribution in [2.75, 3.05) is 0 Å². The van der Waals surface area contributed by atoms with Crippen molar-refractivity contribution in [1.29, 1.82) is 0 Å². The van der Waals surface area contributed by atoms with Gasteiger partial charge < -0.3 is 4.74 Å². The molecular formula is C15H14F2O. The van der Waals surface area contributed by atoms with Gasteiger partial charge >= 0.3 is 0 Å². The van der Waals surface area contributed by atoms with E-state index in [9.17, 15) is 8.78 Å². The predicted molar refractivity (Wildman–Crippen MR) is 66.6 cm³/mol. The van der Waals surface area contributed by atoms with E-state index in [1.807, 2.05) is 13.8 Å². The molecule has 2 rings (SSSR count). The number of rotatable bonds is 3. The summed E-state index contributed by atoms with van der Waals surface area (Å²) in [7, 11) is 0. The molecule has 0 aromatic heterocycles. The molecular weight excluding hydrogens is 234 g/mol. The molecule has 3 heteroatoms. The highest BCUT2D eigenvalue weighted by atomic mass is 19.1. The lowest BCUT2D eigenvalue weighted by atomic mass is 10.1. The minimum atomic E-state index is -0.408. The highest BCUT2D eigenvalue weighted by molar-refractivity contribution is 5.31. The summed E-state index contributed by atoms with van der Waals surface area (Å²) in [6.45, 7) is 3.88. The average Bonchev–Trinajstić information content (AvgIpc) is 2.34. The normalized spacial score (nSPS) is 10.4. The number of hydrogen-bond donors (Lipinski definition) is 0. The molecule has 0 aliphatic rings. The lowest BCUT2D eigenvalue weighted by Gasteiger charge is -2.10. The third-order valence-electron chi connectivity index (χ3n) is 2.78. The van der Waals surface area contributed by atoms with Crippen molar-refractivity contribution < 1.29 is 13.5 Å². The van der Waals surface area contributed by atoms with Crippen molar-refractivity contribution in [2.24, 2.45) is 0 Å². The Morgan fingerprint density at radius 1 is 1.00 bits per heavy atom. The van der Waals surface area contributed by atoms with Crippen molar-refractivity contribution in [3.63, 3.8) is 0 Å². The van der Waals surface area contributed by atoms with Crippen molar-refractivity contribution in [3.05, 3.63) is 64.7 Å². The quantitative estimate of drug-likeness (QED) is 0.792. The van der Waals surface area contributed by atoms with Crippen LogP contribution >= 0.6 is 0 Å². The van der Waals surface area contributed by atoms with Gasteiger partial charge in [0.15, 0.2) is 11.6 Å². The topological polar surface area (TPSA) is 9.23 Å². The first kappa shape index (κ1) is 12.6. The summed E-state index contributed by atoms with van der Waals surface area (Å²) in [5, 5.41) is 0. The number of halogens is 2. The number of aryl methyl sites for hydroxylation is 2. The molecule has 1 nitrogen and oxygen atoms in total. The molecule has 2 aromatic rings. The van der Waals surface area contributed by atoms with Gasteiger partial charge in [0, 0.05) is 0 Å². The lowest BCUT2D eigenvalue weighted by molar-refractivity contribution is 0.289. The smallest absolute Gasteiger partial charge is 0.165 e. The van der Waals surface area contributed by atoms with Crippen LogP contribution in [0.15, 0.2) is 36.4 Å². The van der Waals surface area contributed by atoms with Crippen LogP contribution in [-0.2, 0) is 6.61 Å². The van der Waals surface area contributed by atoms with Gasteiger partial charge in [-0.15, -0.1) is 0 Å². The Morgan fingerprint density at radius 3 is 2.56 bits per heavy atom. The molecule has 0 N–H and O–H groups in total. The molecule has 0 aliphatic heterocycles. The van der Waals surface area contributed by atoms with Crippen LogP contribution in [0.4, 0.5) is 8.78 Å². The van der Waals surface area contributed by atoms with E-state index in [0.29, 0.717) is 0 Å². The first-order valence-corrected chi connectivity index (χ1v) is 5.70. The molecule has 0 saturated heterocycles. The van der Waals surface area contributed by atoms with Gasteiger partial charge in [-0.25, -0.2) is 8.78 Å². The predicted octanol–water partition coefficient (Wildman–Crippen LogP) is 4.16. The second-order valence-corrected chi connectivity index (χ2v) is 4.29. The maximum atomic E-state index is 13.5. The SMILES string of the molecule is Cc1ccc(F)c(OCc2cc(F)ccc2C)c1. The first-order chi connectivity index (χ1) is 8.56. The van der Waals surface area contributed by atoms with E-state index < -0.39 is 5.82 Å². The standard InChI is InChI=1S/C15H14F2O/c1-10-3-6-14(17)15(7-10)18-9-12-8-13(16)5-4-11(12)2/h3-8H,9H2,1-2H3.